The molecule has 0 saturated carbocycles. The van der Waals surface area contributed by atoms with E-state index in [4.69, 9.17) is 33.0 Å². The van der Waals surface area contributed by atoms with Crippen LogP contribution in [0.25, 0.3) is 17.4 Å². The van der Waals surface area contributed by atoms with Gasteiger partial charge in [-0.15, -0.1) is 0 Å². The van der Waals surface area contributed by atoms with Gasteiger partial charge in [-0.25, -0.2) is 0 Å². The third kappa shape index (κ3) is 4.07. The van der Waals surface area contributed by atoms with Gasteiger partial charge in [-0.3, -0.25) is 19.8 Å². The lowest BCUT2D eigenvalue weighted by Crippen LogP contribution is -2.27. The molecular formula is C21H13ClN2O5S2. The molecule has 2 aromatic carbocycles. The number of nitrogens with zero attached hydrogens (tertiary/aromatic N) is 2. The molecule has 1 saturated heterocycles. The smallest absolute Gasteiger partial charge is 0.280 e. The SMILES string of the molecule is COc1ccc(N2C(=O)/C(=C\c3ccc(-c4ccccc4[N+](=O)[O-])o3)SC2=S)cc1Cl. The quantitative estimate of drug-likeness (QED) is 0.197. The van der Waals surface area contributed by atoms with Crippen molar-refractivity contribution < 1.29 is 18.9 Å². The Balaban J connectivity index is 1.63. The van der Waals surface area contributed by atoms with E-state index in [-0.39, 0.29) is 11.6 Å². The third-order valence-electron chi connectivity index (χ3n) is 4.45. The van der Waals surface area contributed by atoms with Gasteiger partial charge in [-0.2, -0.15) is 0 Å². The molecular weight excluding hydrogens is 460 g/mol. The highest BCUT2D eigenvalue weighted by Gasteiger charge is 2.34. The molecule has 7 nitrogen and oxygen atoms in total. The van der Waals surface area contributed by atoms with Crippen molar-refractivity contribution in [2.75, 3.05) is 12.0 Å². The van der Waals surface area contributed by atoms with Crippen molar-refractivity contribution in [2.45, 2.75) is 0 Å². The average Bonchev–Trinajstić information content (AvgIpc) is 3.32. The number of carbonyl (C=O) groups excluding carboxylic acids is 1. The zero-order chi connectivity index (χ0) is 22.1. The summed E-state index contributed by atoms with van der Waals surface area (Å²) in [6.07, 6.45) is 1.56. The number of nitro groups is 1. The topological polar surface area (TPSA) is 85.8 Å². The molecule has 2 heterocycles. The monoisotopic (exact) mass is 472 g/mol. The summed E-state index contributed by atoms with van der Waals surface area (Å²) in [5.74, 6) is 0.877. The lowest BCUT2D eigenvalue weighted by Gasteiger charge is -2.15. The number of anilines is 1. The van der Waals surface area contributed by atoms with Gasteiger partial charge in [0.05, 0.1) is 33.2 Å². The van der Waals surface area contributed by atoms with Gasteiger partial charge in [-0.1, -0.05) is 47.7 Å². The third-order valence-corrected chi connectivity index (χ3v) is 6.05. The van der Waals surface area contributed by atoms with Crippen molar-refractivity contribution >= 4 is 63.3 Å². The largest absolute Gasteiger partial charge is 0.495 e. The molecule has 1 fully saturated rings. The van der Waals surface area contributed by atoms with Crippen LogP contribution in [0, 0.1) is 10.1 Å². The molecule has 1 aliphatic rings. The molecule has 0 unspecified atom stereocenters. The number of methoxy groups -OCH3 is 1. The van der Waals surface area contributed by atoms with Crippen molar-refractivity contribution in [3.63, 3.8) is 0 Å². The number of furan rings is 1. The molecule has 31 heavy (non-hydrogen) atoms. The van der Waals surface area contributed by atoms with Crippen LogP contribution in [0.2, 0.25) is 5.02 Å². The molecule has 1 amide bonds. The molecule has 0 atom stereocenters. The number of hydrogen-bond donors (Lipinski definition) is 0. The van der Waals surface area contributed by atoms with Crippen LogP contribution in [-0.2, 0) is 4.79 Å². The molecule has 4 rings (SSSR count). The fourth-order valence-corrected chi connectivity index (χ4v) is 4.56. The number of thiocarbonyl (C=S) groups is 1. The number of benzene rings is 2. The number of halogens is 1. The maximum absolute atomic E-state index is 13.0. The van der Waals surface area contributed by atoms with E-state index in [1.165, 1.54) is 18.1 Å². The van der Waals surface area contributed by atoms with Gasteiger partial charge in [0.25, 0.3) is 11.6 Å². The lowest BCUT2D eigenvalue weighted by molar-refractivity contribution is -0.384. The van der Waals surface area contributed by atoms with Gasteiger partial charge in [0.1, 0.15) is 17.3 Å². The molecule has 0 N–H and O–H groups in total. The van der Waals surface area contributed by atoms with E-state index in [9.17, 15) is 14.9 Å². The van der Waals surface area contributed by atoms with E-state index < -0.39 is 4.92 Å². The van der Waals surface area contributed by atoms with Crippen molar-refractivity contribution in [1.29, 1.82) is 0 Å². The van der Waals surface area contributed by atoms with Crippen molar-refractivity contribution in [2.24, 2.45) is 0 Å². The Labute approximate surface area is 191 Å². The Hall–Kier alpha value is -3.14. The van der Waals surface area contributed by atoms with Crippen LogP contribution in [0.3, 0.4) is 0 Å². The van der Waals surface area contributed by atoms with Crippen molar-refractivity contribution in [3.05, 3.63) is 80.4 Å². The summed E-state index contributed by atoms with van der Waals surface area (Å²) in [4.78, 5) is 25.5. The number of carbonyl (C=O) groups is 1. The highest BCUT2D eigenvalue weighted by Crippen LogP contribution is 2.39. The normalized spacial score (nSPS) is 15.0. The first-order chi connectivity index (χ1) is 14.9. The number of nitro benzene ring substituents is 1. The molecule has 3 aromatic rings. The minimum Gasteiger partial charge on any atom is -0.495 e. The van der Waals surface area contributed by atoms with Crippen LogP contribution < -0.4 is 9.64 Å². The zero-order valence-corrected chi connectivity index (χ0v) is 18.3. The summed E-state index contributed by atoms with van der Waals surface area (Å²) >= 11 is 12.7. The molecule has 156 valence electrons. The van der Waals surface area contributed by atoms with Crippen LogP contribution in [0.1, 0.15) is 5.76 Å². The summed E-state index contributed by atoms with van der Waals surface area (Å²) in [6, 6.07) is 14.5. The van der Waals surface area contributed by atoms with Gasteiger partial charge < -0.3 is 9.15 Å². The summed E-state index contributed by atoms with van der Waals surface area (Å²) in [5.41, 5.74) is 0.815. The molecule has 1 aromatic heterocycles. The van der Waals surface area contributed by atoms with E-state index in [0.29, 0.717) is 42.8 Å². The lowest BCUT2D eigenvalue weighted by atomic mass is 10.1. The second kappa shape index (κ2) is 8.54. The highest BCUT2D eigenvalue weighted by atomic mass is 35.5. The molecule has 10 heteroatoms. The minimum atomic E-state index is -0.470. The number of hydrogen-bond acceptors (Lipinski definition) is 7. The molecule has 0 radical (unpaired) electrons. The van der Waals surface area contributed by atoms with Crippen LogP contribution in [0.5, 0.6) is 5.75 Å². The minimum absolute atomic E-state index is 0.0638. The first-order valence-electron chi connectivity index (χ1n) is 8.84. The Kier molecular flexibility index (Phi) is 5.81. The number of amides is 1. The van der Waals surface area contributed by atoms with E-state index in [1.807, 2.05) is 0 Å². The number of para-hydroxylation sites is 1. The second-order valence-corrected chi connectivity index (χ2v) is 8.40. The molecule has 1 aliphatic heterocycles. The Morgan fingerprint density at radius 1 is 1.23 bits per heavy atom. The summed E-state index contributed by atoms with van der Waals surface area (Å²) < 4.78 is 11.2. The van der Waals surface area contributed by atoms with E-state index >= 15 is 0 Å². The van der Waals surface area contributed by atoms with Crippen molar-refractivity contribution in [3.8, 4) is 17.1 Å². The van der Waals surface area contributed by atoms with Gasteiger partial charge >= 0.3 is 0 Å². The highest BCUT2D eigenvalue weighted by molar-refractivity contribution is 8.27. The summed E-state index contributed by atoms with van der Waals surface area (Å²) in [5, 5.41) is 11.6. The Bertz CT molecular complexity index is 1250. The Morgan fingerprint density at radius 2 is 2.00 bits per heavy atom. The average molecular weight is 473 g/mol. The first kappa shape index (κ1) is 21.1. The van der Waals surface area contributed by atoms with Crippen LogP contribution in [0.15, 0.2) is 63.9 Å². The predicted molar refractivity (Wildman–Crippen MR) is 124 cm³/mol. The van der Waals surface area contributed by atoms with Crippen LogP contribution in [0.4, 0.5) is 11.4 Å². The van der Waals surface area contributed by atoms with Gasteiger partial charge in [0.15, 0.2) is 4.32 Å². The standard InChI is InChI=1S/C21H13ClN2O5S2/c1-28-18-8-6-12(10-15(18)22)23-20(25)19(31-21(23)30)11-13-7-9-17(29-13)14-4-2-3-5-16(14)24(26)27/h2-11H,1H3/b19-11+. The first-order valence-corrected chi connectivity index (χ1v) is 10.4. The van der Waals surface area contributed by atoms with E-state index in [2.05, 4.69) is 0 Å². The summed E-state index contributed by atoms with van der Waals surface area (Å²) in [7, 11) is 1.50. The fraction of sp³-hybridized carbons (Fsp3) is 0.0476. The number of rotatable bonds is 5. The maximum Gasteiger partial charge on any atom is 0.280 e. The van der Waals surface area contributed by atoms with E-state index in [0.717, 1.165) is 11.8 Å². The van der Waals surface area contributed by atoms with Crippen LogP contribution in [-0.4, -0.2) is 22.3 Å². The number of thioether (sulfide) groups is 1. The molecule has 0 spiro atoms. The zero-order valence-electron chi connectivity index (χ0n) is 15.9. The number of ether oxygens (including phenoxy) is 1. The fourth-order valence-electron chi connectivity index (χ4n) is 3.03. The molecule has 0 aliphatic carbocycles. The maximum atomic E-state index is 13.0. The van der Waals surface area contributed by atoms with Crippen molar-refractivity contribution in [1.82, 2.24) is 0 Å². The van der Waals surface area contributed by atoms with Gasteiger partial charge in [0.2, 0.25) is 0 Å². The van der Waals surface area contributed by atoms with E-state index in [1.54, 1.807) is 54.6 Å². The second-order valence-electron chi connectivity index (χ2n) is 6.31. The van der Waals surface area contributed by atoms with Crippen LogP contribution >= 0.6 is 35.6 Å². The Morgan fingerprint density at radius 3 is 2.71 bits per heavy atom. The summed E-state index contributed by atoms with van der Waals surface area (Å²) in [6.45, 7) is 0. The predicted octanol–water partition coefficient (Wildman–Crippen LogP) is 5.92. The molecule has 0 bridgehead atoms. The van der Waals surface area contributed by atoms with Gasteiger partial charge in [-0.05, 0) is 36.4 Å². The van der Waals surface area contributed by atoms with Gasteiger partial charge in [0, 0.05) is 12.1 Å².